The summed E-state index contributed by atoms with van der Waals surface area (Å²) in [6, 6.07) is 17.0. The van der Waals surface area contributed by atoms with E-state index in [9.17, 15) is 4.79 Å². The Morgan fingerprint density at radius 1 is 1.00 bits per heavy atom. The van der Waals surface area contributed by atoms with Crippen molar-refractivity contribution in [3.8, 4) is 5.75 Å². The number of halogens is 1. The minimum Gasteiger partial charge on any atom is -0.423 e. The van der Waals surface area contributed by atoms with Crippen LogP contribution in [0.1, 0.15) is 5.56 Å². The average molecular weight is 350 g/mol. The zero-order chi connectivity index (χ0) is 12.8. The summed E-state index contributed by atoms with van der Waals surface area (Å²) in [5, 5.41) is 0. The van der Waals surface area contributed by atoms with Crippen molar-refractivity contribution in [1.29, 1.82) is 0 Å². The zero-order valence-electron chi connectivity index (χ0n) is 9.55. The molecule has 0 heterocycles. The third-order valence-corrected chi connectivity index (χ3v) is 2.96. The van der Waals surface area contributed by atoms with E-state index in [2.05, 4.69) is 22.6 Å². The van der Waals surface area contributed by atoms with Crippen LogP contribution in [0.15, 0.2) is 60.7 Å². The lowest BCUT2D eigenvalue weighted by Crippen LogP contribution is -2.03. The van der Waals surface area contributed by atoms with Gasteiger partial charge in [0.05, 0.1) is 0 Å². The smallest absolute Gasteiger partial charge is 0.336 e. The highest BCUT2D eigenvalue weighted by Crippen LogP contribution is 2.13. The molecule has 0 saturated carbocycles. The number of benzene rings is 2. The fourth-order valence-corrected chi connectivity index (χ4v) is 1.74. The largest absolute Gasteiger partial charge is 0.423 e. The molecule has 0 atom stereocenters. The van der Waals surface area contributed by atoms with Crippen molar-refractivity contribution in [2.24, 2.45) is 0 Å². The minimum absolute atomic E-state index is 0.375. The Morgan fingerprint density at radius 3 is 2.33 bits per heavy atom. The molecule has 2 aromatic rings. The minimum atomic E-state index is -0.375. The Morgan fingerprint density at radius 2 is 1.67 bits per heavy atom. The molecule has 0 radical (unpaired) electrons. The average Bonchev–Trinajstić information content (AvgIpc) is 2.40. The van der Waals surface area contributed by atoms with Crippen LogP contribution in [0.5, 0.6) is 5.75 Å². The molecule has 18 heavy (non-hydrogen) atoms. The van der Waals surface area contributed by atoms with Crippen LogP contribution in [0.2, 0.25) is 0 Å². The monoisotopic (exact) mass is 350 g/mol. The highest BCUT2D eigenvalue weighted by Gasteiger charge is 1.99. The molecule has 0 saturated heterocycles. The van der Waals surface area contributed by atoms with Gasteiger partial charge >= 0.3 is 5.97 Å². The summed E-state index contributed by atoms with van der Waals surface area (Å²) in [6.45, 7) is 0. The van der Waals surface area contributed by atoms with Crippen LogP contribution >= 0.6 is 22.6 Å². The normalized spacial score (nSPS) is 10.5. The van der Waals surface area contributed by atoms with E-state index < -0.39 is 0 Å². The van der Waals surface area contributed by atoms with Gasteiger partial charge in [0, 0.05) is 9.65 Å². The lowest BCUT2D eigenvalue weighted by Gasteiger charge is -2.00. The number of rotatable bonds is 3. The molecular formula is C15H11IO2. The van der Waals surface area contributed by atoms with E-state index >= 15 is 0 Å². The maximum absolute atomic E-state index is 11.6. The maximum Gasteiger partial charge on any atom is 0.336 e. The zero-order valence-corrected chi connectivity index (χ0v) is 11.7. The Labute approximate surface area is 119 Å². The van der Waals surface area contributed by atoms with Crippen molar-refractivity contribution in [2.45, 2.75) is 0 Å². The predicted octanol–water partition coefficient (Wildman–Crippen LogP) is 3.91. The number of carbonyl (C=O) groups excluding carboxylic acids is 1. The van der Waals surface area contributed by atoms with Crippen molar-refractivity contribution in [3.63, 3.8) is 0 Å². The summed E-state index contributed by atoms with van der Waals surface area (Å²) < 4.78 is 6.27. The topological polar surface area (TPSA) is 26.3 Å². The number of hydrogen-bond donors (Lipinski definition) is 0. The molecule has 0 amide bonds. The molecule has 0 spiro atoms. The molecule has 0 aliphatic carbocycles. The molecule has 0 N–H and O–H groups in total. The number of hydrogen-bond acceptors (Lipinski definition) is 2. The first-order chi connectivity index (χ1) is 8.74. The van der Waals surface area contributed by atoms with Crippen molar-refractivity contribution in [1.82, 2.24) is 0 Å². The van der Waals surface area contributed by atoms with Gasteiger partial charge < -0.3 is 4.74 Å². The molecule has 90 valence electrons. The van der Waals surface area contributed by atoms with Crippen LogP contribution < -0.4 is 4.74 Å². The van der Waals surface area contributed by atoms with Gasteiger partial charge in [0.25, 0.3) is 0 Å². The van der Waals surface area contributed by atoms with Gasteiger partial charge in [0.2, 0.25) is 0 Å². The summed E-state index contributed by atoms with van der Waals surface area (Å²) >= 11 is 2.20. The van der Waals surface area contributed by atoms with E-state index in [0.29, 0.717) is 5.75 Å². The summed E-state index contributed by atoms with van der Waals surface area (Å²) in [5.41, 5.74) is 0.970. The summed E-state index contributed by atoms with van der Waals surface area (Å²) in [6.07, 6.45) is 3.16. The van der Waals surface area contributed by atoms with E-state index in [-0.39, 0.29) is 5.97 Å². The van der Waals surface area contributed by atoms with Gasteiger partial charge in [-0.3, -0.25) is 0 Å². The van der Waals surface area contributed by atoms with Gasteiger partial charge in [-0.2, -0.15) is 0 Å². The van der Waals surface area contributed by atoms with Gasteiger partial charge in [-0.1, -0.05) is 30.3 Å². The lowest BCUT2D eigenvalue weighted by atomic mass is 10.2. The highest BCUT2D eigenvalue weighted by molar-refractivity contribution is 14.1. The quantitative estimate of drug-likeness (QED) is 0.363. The molecular weight excluding hydrogens is 339 g/mol. The molecule has 2 nitrogen and oxygen atoms in total. The summed E-state index contributed by atoms with van der Waals surface area (Å²) in [5.74, 6) is 0.179. The number of carbonyl (C=O) groups is 1. The summed E-state index contributed by atoms with van der Waals surface area (Å²) in [4.78, 5) is 11.6. The van der Waals surface area contributed by atoms with Crippen LogP contribution in [0.25, 0.3) is 6.08 Å². The first-order valence-electron chi connectivity index (χ1n) is 5.44. The lowest BCUT2D eigenvalue weighted by molar-refractivity contribution is -0.128. The van der Waals surface area contributed by atoms with Crippen LogP contribution in [0, 0.1) is 3.57 Å². The van der Waals surface area contributed by atoms with Gasteiger partial charge in [-0.15, -0.1) is 0 Å². The number of ether oxygens (including phenoxy) is 1. The Kier molecular flexibility index (Phi) is 4.52. The second-order valence-corrected chi connectivity index (χ2v) is 4.86. The van der Waals surface area contributed by atoms with Crippen LogP contribution in [0.4, 0.5) is 0 Å². The Balaban J connectivity index is 1.97. The molecule has 2 rings (SSSR count). The number of esters is 1. The SMILES string of the molecule is O=C(/C=C\c1ccccc1)Oc1ccc(I)cc1. The van der Waals surface area contributed by atoms with Gasteiger partial charge in [0.15, 0.2) is 0 Å². The van der Waals surface area contributed by atoms with Gasteiger partial charge in [-0.25, -0.2) is 4.79 Å². The molecule has 0 bridgehead atoms. The third-order valence-electron chi connectivity index (χ3n) is 2.24. The molecule has 0 aliphatic heterocycles. The van der Waals surface area contributed by atoms with E-state index in [1.54, 1.807) is 18.2 Å². The fourth-order valence-electron chi connectivity index (χ4n) is 1.38. The van der Waals surface area contributed by atoms with Crippen molar-refractivity contribution in [2.75, 3.05) is 0 Å². The van der Waals surface area contributed by atoms with Crippen LogP contribution in [-0.2, 0) is 4.79 Å². The van der Waals surface area contributed by atoms with Gasteiger partial charge in [-0.05, 0) is 58.5 Å². The second-order valence-electron chi connectivity index (χ2n) is 3.62. The Hall–Kier alpha value is -1.62. The maximum atomic E-state index is 11.6. The van der Waals surface area contributed by atoms with E-state index in [1.807, 2.05) is 42.5 Å². The molecule has 0 aromatic heterocycles. The third kappa shape index (κ3) is 4.00. The molecule has 3 heteroatoms. The van der Waals surface area contributed by atoms with E-state index in [4.69, 9.17) is 4.74 Å². The molecule has 0 unspecified atom stereocenters. The van der Waals surface area contributed by atoms with E-state index in [0.717, 1.165) is 9.13 Å². The van der Waals surface area contributed by atoms with Crippen molar-refractivity contribution in [3.05, 3.63) is 69.8 Å². The fraction of sp³-hybridized carbons (Fsp3) is 0. The van der Waals surface area contributed by atoms with Crippen LogP contribution in [-0.4, -0.2) is 5.97 Å². The highest BCUT2D eigenvalue weighted by atomic mass is 127. The molecule has 0 aliphatic rings. The van der Waals surface area contributed by atoms with E-state index in [1.165, 1.54) is 6.08 Å². The predicted molar refractivity (Wildman–Crippen MR) is 80.3 cm³/mol. The van der Waals surface area contributed by atoms with Crippen molar-refractivity contribution >= 4 is 34.6 Å². The van der Waals surface area contributed by atoms with Gasteiger partial charge in [0.1, 0.15) is 5.75 Å². The first kappa shape index (κ1) is 12.8. The van der Waals surface area contributed by atoms with Crippen molar-refractivity contribution < 1.29 is 9.53 Å². The van der Waals surface area contributed by atoms with Crippen LogP contribution in [0.3, 0.4) is 0 Å². The summed E-state index contributed by atoms with van der Waals surface area (Å²) in [7, 11) is 0. The Bertz CT molecular complexity index is 544. The standard InChI is InChI=1S/C15H11IO2/c16-13-7-9-14(10-8-13)18-15(17)11-6-12-4-2-1-3-5-12/h1-11H/b11-6-. The second kappa shape index (κ2) is 6.35. The molecule has 2 aromatic carbocycles. The molecule has 0 fully saturated rings. The first-order valence-corrected chi connectivity index (χ1v) is 6.52.